The molecule has 0 aromatic heterocycles. The Morgan fingerprint density at radius 2 is 1.90 bits per heavy atom. The molecule has 0 saturated carbocycles. The van der Waals surface area contributed by atoms with E-state index in [1.165, 1.54) is 20.3 Å². The number of sulfone groups is 1. The lowest BCUT2D eigenvalue weighted by atomic mass is 10.0. The van der Waals surface area contributed by atoms with Crippen molar-refractivity contribution in [3.63, 3.8) is 0 Å². The van der Waals surface area contributed by atoms with Crippen molar-refractivity contribution in [2.75, 3.05) is 33.1 Å². The molecule has 5 nitrogen and oxygen atoms in total. The summed E-state index contributed by atoms with van der Waals surface area (Å²) in [7, 11) is -0.372. The standard InChI is InChI=1S/C14H21NO4S/c1-18-12-3-4-13(19-2)14(9-12)20(16,17)10-11-5-7-15-8-6-11/h3-4,9,11,15H,5-8,10H2,1-2H3. The van der Waals surface area contributed by atoms with Crippen LogP contribution in [0, 0.1) is 5.92 Å². The second kappa shape index (κ2) is 6.45. The van der Waals surface area contributed by atoms with Gasteiger partial charge < -0.3 is 14.8 Å². The van der Waals surface area contributed by atoms with E-state index in [9.17, 15) is 8.42 Å². The van der Waals surface area contributed by atoms with Gasteiger partial charge in [0.05, 0.1) is 20.0 Å². The average Bonchev–Trinajstić information content (AvgIpc) is 2.47. The SMILES string of the molecule is COc1ccc(OC)c(S(=O)(=O)CC2CCNCC2)c1. The first-order valence-corrected chi connectivity index (χ1v) is 8.37. The second-order valence-electron chi connectivity index (χ2n) is 4.99. The normalized spacial score (nSPS) is 16.9. The number of ether oxygens (including phenoxy) is 2. The molecule has 20 heavy (non-hydrogen) atoms. The summed E-state index contributed by atoms with van der Waals surface area (Å²) in [5.41, 5.74) is 0. The van der Waals surface area contributed by atoms with E-state index in [0.29, 0.717) is 11.5 Å². The molecule has 0 aliphatic carbocycles. The molecule has 1 N–H and O–H groups in total. The van der Waals surface area contributed by atoms with E-state index >= 15 is 0 Å². The summed E-state index contributed by atoms with van der Waals surface area (Å²) in [5, 5.41) is 3.24. The Balaban J connectivity index is 2.27. The van der Waals surface area contributed by atoms with Crippen molar-refractivity contribution in [3.8, 4) is 11.5 Å². The van der Waals surface area contributed by atoms with Gasteiger partial charge in [-0.25, -0.2) is 8.42 Å². The van der Waals surface area contributed by atoms with Crippen LogP contribution in [0.2, 0.25) is 0 Å². The number of hydrogen-bond donors (Lipinski definition) is 1. The first kappa shape index (κ1) is 15.1. The van der Waals surface area contributed by atoms with Gasteiger partial charge in [0.1, 0.15) is 16.4 Å². The lowest BCUT2D eigenvalue weighted by Gasteiger charge is -2.22. The third-order valence-corrected chi connectivity index (χ3v) is 5.52. The van der Waals surface area contributed by atoms with Gasteiger partial charge in [-0.05, 0) is 44.0 Å². The van der Waals surface area contributed by atoms with E-state index in [1.54, 1.807) is 12.1 Å². The first-order chi connectivity index (χ1) is 9.56. The van der Waals surface area contributed by atoms with Crippen LogP contribution in [-0.4, -0.2) is 41.5 Å². The predicted molar refractivity (Wildman–Crippen MR) is 77.2 cm³/mol. The van der Waals surface area contributed by atoms with Crippen molar-refractivity contribution in [2.45, 2.75) is 17.7 Å². The fourth-order valence-electron chi connectivity index (χ4n) is 2.48. The molecule has 1 aromatic rings. The third-order valence-electron chi connectivity index (χ3n) is 3.62. The number of rotatable bonds is 5. The average molecular weight is 299 g/mol. The molecule has 112 valence electrons. The molecule has 0 spiro atoms. The van der Waals surface area contributed by atoms with Crippen LogP contribution in [0.15, 0.2) is 23.1 Å². The smallest absolute Gasteiger partial charge is 0.182 e. The quantitative estimate of drug-likeness (QED) is 0.892. The van der Waals surface area contributed by atoms with Crippen LogP contribution in [0.5, 0.6) is 11.5 Å². The van der Waals surface area contributed by atoms with E-state index in [2.05, 4.69) is 5.32 Å². The molecule has 2 rings (SSSR count). The van der Waals surface area contributed by atoms with Crippen LogP contribution in [0.3, 0.4) is 0 Å². The Morgan fingerprint density at radius 1 is 1.20 bits per heavy atom. The summed E-state index contributed by atoms with van der Waals surface area (Å²) in [6, 6.07) is 4.87. The summed E-state index contributed by atoms with van der Waals surface area (Å²) in [5.74, 6) is 1.27. The summed E-state index contributed by atoms with van der Waals surface area (Å²) in [6.45, 7) is 1.77. The van der Waals surface area contributed by atoms with E-state index in [-0.39, 0.29) is 16.6 Å². The highest BCUT2D eigenvalue weighted by Crippen LogP contribution is 2.30. The van der Waals surface area contributed by atoms with Crippen molar-refractivity contribution < 1.29 is 17.9 Å². The molecule has 1 fully saturated rings. The van der Waals surface area contributed by atoms with E-state index in [4.69, 9.17) is 9.47 Å². The monoisotopic (exact) mass is 299 g/mol. The summed E-state index contributed by atoms with van der Waals surface area (Å²) in [4.78, 5) is 0.220. The topological polar surface area (TPSA) is 64.6 Å². The summed E-state index contributed by atoms with van der Waals surface area (Å²) < 4.78 is 35.5. The molecule has 0 atom stereocenters. The highest BCUT2D eigenvalue weighted by Gasteiger charge is 2.26. The molecular formula is C14H21NO4S. The highest BCUT2D eigenvalue weighted by atomic mass is 32.2. The number of nitrogens with one attached hydrogen (secondary N) is 1. The molecule has 0 radical (unpaired) electrons. The number of piperidine rings is 1. The van der Waals surface area contributed by atoms with Gasteiger partial charge in [-0.15, -0.1) is 0 Å². The molecule has 6 heteroatoms. The molecule has 0 unspecified atom stereocenters. The molecule has 0 amide bonds. The zero-order valence-corrected chi connectivity index (χ0v) is 12.7. The largest absolute Gasteiger partial charge is 0.497 e. The van der Waals surface area contributed by atoms with Gasteiger partial charge in [0.15, 0.2) is 9.84 Å². The van der Waals surface area contributed by atoms with Gasteiger partial charge in [0.2, 0.25) is 0 Å². The van der Waals surface area contributed by atoms with Crippen molar-refractivity contribution in [1.82, 2.24) is 5.32 Å². The van der Waals surface area contributed by atoms with Crippen molar-refractivity contribution in [1.29, 1.82) is 0 Å². The van der Waals surface area contributed by atoms with Crippen LogP contribution in [0.4, 0.5) is 0 Å². The highest BCUT2D eigenvalue weighted by molar-refractivity contribution is 7.91. The fraction of sp³-hybridized carbons (Fsp3) is 0.571. The van der Waals surface area contributed by atoms with Gasteiger partial charge in [-0.1, -0.05) is 0 Å². The van der Waals surface area contributed by atoms with Crippen LogP contribution in [-0.2, 0) is 9.84 Å². The van der Waals surface area contributed by atoms with Crippen LogP contribution in [0.1, 0.15) is 12.8 Å². The van der Waals surface area contributed by atoms with Gasteiger partial charge in [-0.3, -0.25) is 0 Å². The van der Waals surface area contributed by atoms with Crippen LogP contribution >= 0.6 is 0 Å². The Bertz CT molecular complexity index is 550. The summed E-state index contributed by atoms with van der Waals surface area (Å²) in [6.07, 6.45) is 1.79. The minimum absolute atomic E-state index is 0.165. The lowest BCUT2D eigenvalue weighted by molar-refractivity contribution is 0.388. The van der Waals surface area contributed by atoms with Crippen molar-refractivity contribution in [3.05, 3.63) is 18.2 Å². The Labute approximate surface area is 120 Å². The fourth-order valence-corrected chi connectivity index (χ4v) is 4.36. The number of benzene rings is 1. The zero-order valence-electron chi connectivity index (χ0n) is 11.9. The first-order valence-electron chi connectivity index (χ1n) is 6.72. The minimum atomic E-state index is -3.37. The molecule has 1 aliphatic rings. The Hall–Kier alpha value is -1.27. The van der Waals surface area contributed by atoms with Gasteiger partial charge in [-0.2, -0.15) is 0 Å². The van der Waals surface area contributed by atoms with Crippen molar-refractivity contribution >= 4 is 9.84 Å². The van der Waals surface area contributed by atoms with Gasteiger partial charge in [0.25, 0.3) is 0 Å². The van der Waals surface area contributed by atoms with Crippen LogP contribution in [0.25, 0.3) is 0 Å². The van der Waals surface area contributed by atoms with E-state index in [0.717, 1.165) is 25.9 Å². The predicted octanol–water partition coefficient (Wildman–Crippen LogP) is 1.48. The maximum absolute atomic E-state index is 12.6. The molecular weight excluding hydrogens is 278 g/mol. The second-order valence-corrected chi connectivity index (χ2v) is 6.99. The molecule has 0 bridgehead atoms. The minimum Gasteiger partial charge on any atom is -0.497 e. The number of hydrogen-bond acceptors (Lipinski definition) is 5. The molecule has 1 aromatic carbocycles. The zero-order chi connectivity index (χ0) is 14.6. The van der Waals surface area contributed by atoms with Gasteiger partial charge >= 0.3 is 0 Å². The Morgan fingerprint density at radius 3 is 2.50 bits per heavy atom. The molecule has 1 heterocycles. The maximum atomic E-state index is 12.6. The van der Waals surface area contributed by atoms with Gasteiger partial charge in [0, 0.05) is 6.07 Å². The van der Waals surface area contributed by atoms with E-state index < -0.39 is 9.84 Å². The number of methoxy groups -OCH3 is 2. The molecule has 1 aliphatic heterocycles. The molecule has 1 saturated heterocycles. The lowest BCUT2D eigenvalue weighted by Crippen LogP contribution is -2.31. The third kappa shape index (κ3) is 3.43. The van der Waals surface area contributed by atoms with Crippen LogP contribution < -0.4 is 14.8 Å². The Kier molecular flexibility index (Phi) is 4.88. The maximum Gasteiger partial charge on any atom is 0.182 e. The summed E-state index contributed by atoms with van der Waals surface area (Å²) >= 11 is 0. The van der Waals surface area contributed by atoms with Crippen molar-refractivity contribution in [2.24, 2.45) is 5.92 Å². The van der Waals surface area contributed by atoms with E-state index in [1.807, 2.05) is 0 Å².